The van der Waals surface area contributed by atoms with Gasteiger partial charge in [-0.05, 0) is 42.8 Å². The zero-order chi connectivity index (χ0) is 20.6. The van der Waals surface area contributed by atoms with Gasteiger partial charge in [-0.2, -0.15) is 0 Å². The van der Waals surface area contributed by atoms with Crippen molar-refractivity contribution in [1.82, 2.24) is 0 Å². The number of hydrogen-bond donors (Lipinski definition) is 1. The summed E-state index contributed by atoms with van der Waals surface area (Å²) in [6, 6.07) is 16.2. The van der Waals surface area contributed by atoms with Crippen molar-refractivity contribution in [2.75, 3.05) is 18.5 Å². The Morgan fingerprint density at radius 1 is 1.14 bits per heavy atom. The number of ether oxygens (including phenoxy) is 3. The van der Waals surface area contributed by atoms with Crippen LogP contribution in [0.2, 0.25) is 0 Å². The van der Waals surface area contributed by atoms with Crippen molar-refractivity contribution in [1.29, 1.82) is 0 Å². The molecule has 0 bridgehead atoms. The molecule has 1 aliphatic heterocycles. The van der Waals surface area contributed by atoms with Crippen molar-refractivity contribution in [2.45, 2.75) is 6.92 Å². The Hall–Kier alpha value is -3.80. The predicted octanol–water partition coefficient (Wildman–Crippen LogP) is 4.08. The summed E-state index contributed by atoms with van der Waals surface area (Å²) in [5, 5.41) is 2.97. The van der Waals surface area contributed by atoms with Crippen LogP contribution in [0.3, 0.4) is 0 Å². The largest absolute Gasteiger partial charge is 0.490 e. The van der Waals surface area contributed by atoms with Crippen molar-refractivity contribution in [3.8, 4) is 5.75 Å². The molecule has 6 nitrogen and oxygen atoms in total. The van der Waals surface area contributed by atoms with Gasteiger partial charge >= 0.3 is 5.97 Å². The summed E-state index contributed by atoms with van der Waals surface area (Å²) in [6.07, 6.45) is 3.23. The summed E-state index contributed by atoms with van der Waals surface area (Å²) in [5.74, 6) is -0.494. The van der Waals surface area contributed by atoms with E-state index in [0.29, 0.717) is 18.0 Å². The van der Waals surface area contributed by atoms with Gasteiger partial charge < -0.3 is 19.5 Å². The van der Waals surface area contributed by atoms with Crippen molar-refractivity contribution < 1.29 is 23.8 Å². The first kappa shape index (κ1) is 19.9. The van der Waals surface area contributed by atoms with Gasteiger partial charge in [0.05, 0.1) is 6.61 Å². The van der Waals surface area contributed by atoms with E-state index in [-0.39, 0.29) is 23.8 Å². The predicted molar refractivity (Wildman–Crippen MR) is 110 cm³/mol. The summed E-state index contributed by atoms with van der Waals surface area (Å²) in [6.45, 7) is 5.84. The maximum Gasteiger partial charge on any atom is 0.347 e. The van der Waals surface area contributed by atoms with Gasteiger partial charge in [0.15, 0.2) is 11.3 Å². The number of ketones is 1. The molecule has 0 saturated carbocycles. The Balaban J connectivity index is 1.85. The van der Waals surface area contributed by atoms with E-state index in [1.54, 1.807) is 55.5 Å². The Morgan fingerprint density at radius 2 is 1.86 bits per heavy atom. The van der Waals surface area contributed by atoms with Crippen LogP contribution in [0.15, 0.2) is 84.5 Å². The fourth-order valence-electron chi connectivity index (χ4n) is 2.62. The van der Waals surface area contributed by atoms with Crippen molar-refractivity contribution in [3.63, 3.8) is 0 Å². The van der Waals surface area contributed by atoms with Crippen LogP contribution in [0.25, 0.3) is 6.08 Å². The molecule has 1 heterocycles. The maximum absolute atomic E-state index is 12.8. The van der Waals surface area contributed by atoms with Gasteiger partial charge in [-0.15, -0.1) is 0 Å². The number of esters is 1. The molecule has 1 N–H and O–H groups in total. The number of nitrogens with one attached hydrogen (secondary N) is 1. The fourth-order valence-corrected chi connectivity index (χ4v) is 2.62. The molecule has 2 aromatic carbocycles. The minimum atomic E-state index is -0.729. The second-order valence-corrected chi connectivity index (χ2v) is 6.02. The lowest BCUT2D eigenvalue weighted by atomic mass is 10.1. The molecule has 6 heteroatoms. The van der Waals surface area contributed by atoms with E-state index in [1.165, 1.54) is 0 Å². The number of allylic oxidation sites excluding steroid dienone is 1. The topological polar surface area (TPSA) is 73.9 Å². The van der Waals surface area contributed by atoms with Crippen molar-refractivity contribution >= 4 is 23.5 Å². The second kappa shape index (κ2) is 9.41. The van der Waals surface area contributed by atoms with Crippen LogP contribution < -0.4 is 10.1 Å². The smallest absolute Gasteiger partial charge is 0.347 e. The summed E-state index contributed by atoms with van der Waals surface area (Å²) >= 11 is 0. The molecule has 0 aliphatic carbocycles. The molecular weight excluding hydrogens is 370 g/mol. The lowest BCUT2D eigenvalue weighted by molar-refractivity contribution is -0.139. The number of carbonyl (C=O) groups is 2. The number of anilines is 1. The highest BCUT2D eigenvalue weighted by atomic mass is 16.5. The number of Topliss-reactive ketones (excluding diaryl/α,β-unsaturated/α-hetero) is 1. The van der Waals surface area contributed by atoms with E-state index in [2.05, 4.69) is 11.9 Å². The van der Waals surface area contributed by atoms with Gasteiger partial charge in [0.1, 0.15) is 12.4 Å². The van der Waals surface area contributed by atoms with Crippen molar-refractivity contribution in [2.24, 2.45) is 0 Å². The first-order chi connectivity index (χ1) is 14.1. The number of hydrogen-bond acceptors (Lipinski definition) is 6. The number of rotatable bonds is 8. The van der Waals surface area contributed by atoms with E-state index < -0.39 is 11.8 Å². The number of benzene rings is 2. The maximum atomic E-state index is 12.8. The lowest BCUT2D eigenvalue weighted by Crippen LogP contribution is -2.16. The molecule has 0 unspecified atom stereocenters. The highest BCUT2D eigenvalue weighted by Crippen LogP contribution is 2.29. The first-order valence-corrected chi connectivity index (χ1v) is 9.14. The summed E-state index contributed by atoms with van der Waals surface area (Å²) in [5.41, 5.74) is 1.25. The van der Waals surface area contributed by atoms with E-state index in [4.69, 9.17) is 14.2 Å². The minimum absolute atomic E-state index is 0.0336. The first-order valence-electron chi connectivity index (χ1n) is 9.14. The van der Waals surface area contributed by atoms with Crippen LogP contribution in [-0.4, -0.2) is 25.0 Å². The van der Waals surface area contributed by atoms with Gasteiger partial charge in [-0.3, -0.25) is 4.79 Å². The molecule has 0 spiro atoms. The van der Waals surface area contributed by atoms with Gasteiger partial charge in [0, 0.05) is 5.69 Å². The average molecular weight is 391 g/mol. The van der Waals surface area contributed by atoms with Crippen LogP contribution in [-0.2, 0) is 19.1 Å². The van der Waals surface area contributed by atoms with Gasteiger partial charge in [0.2, 0.25) is 11.7 Å². The van der Waals surface area contributed by atoms with Crippen LogP contribution in [0, 0.1) is 0 Å². The van der Waals surface area contributed by atoms with Gasteiger partial charge in [-0.1, -0.05) is 43.0 Å². The molecule has 0 atom stereocenters. The molecule has 0 aromatic heterocycles. The Morgan fingerprint density at radius 3 is 2.52 bits per heavy atom. The minimum Gasteiger partial charge on any atom is -0.490 e. The molecule has 29 heavy (non-hydrogen) atoms. The van der Waals surface area contributed by atoms with Gasteiger partial charge in [-0.25, -0.2) is 4.79 Å². The normalized spacial score (nSPS) is 14.5. The van der Waals surface area contributed by atoms with Crippen LogP contribution in [0.4, 0.5) is 5.69 Å². The highest BCUT2D eigenvalue weighted by Gasteiger charge is 2.36. The van der Waals surface area contributed by atoms with Crippen LogP contribution in [0.1, 0.15) is 12.5 Å². The highest BCUT2D eigenvalue weighted by molar-refractivity contribution is 6.26. The Bertz CT molecular complexity index is 959. The van der Waals surface area contributed by atoms with Crippen molar-refractivity contribution in [3.05, 3.63) is 90.0 Å². The van der Waals surface area contributed by atoms with Crippen LogP contribution >= 0.6 is 0 Å². The molecule has 2 aromatic rings. The summed E-state index contributed by atoms with van der Waals surface area (Å²) in [4.78, 5) is 25.1. The molecule has 0 radical (unpaired) electrons. The summed E-state index contributed by atoms with van der Waals surface area (Å²) < 4.78 is 16.2. The molecule has 0 fully saturated rings. The molecule has 0 saturated heterocycles. The zero-order valence-electron chi connectivity index (χ0n) is 16.0. The second-order valence-electron chi connectivity index (χ2n) is 6.02. The van der Waals surface area contributed by atoms with E-state index in [1.807, 2.05) is 18.2 Å². The monoisotopic (exact) mass is 391 g/mol. The third-order valence-corrected chi connectivity index (χ3v) is 3.95. The quantitative estimate of drug-likeness (QED) is 0.316. The van der Waals surface area contributed by atoms with Gasteiger partial charge in [0.25, 0.3) is 0 Å². The molecule has 1 aliphatic rings. The average Bonchev–Trinajstić information content (AvgIpc) is 3.03. The number of para-hydroxylation sites is 1. The SMILES string of the molecule is C=CCOc1ccc(/C=C2\OC(Nc3ccccc3)=C(C(=O)OCC)C2=O)cc1. The molecule has 3 rings (SSSR count). The fraction of sp³-hybridized carbons (Fsp3) is 0.130. The number of carbonyl (C=O) groups excluding carboxylic acids is 2. The molecule has 0 amide bonds. The Kier molecular flexibility index (Phi) is 6.47. The molecular formula is C23H21NO5. The van der Waals surface area contributed by atoms with E-state index in [0.717, 1.165) is 5.56 Å². The Labute approximate surface area is 169 Å². The third-order valence-electron chi connectivity index (χ3n) is 3.95. The van der Waals surface area contributed by atoms with E-state index >= 15 is 0 Å². The lowest BCUT2D eigenvalue weighted by Gasteiger charge is -2.08. The summed E-state index contributed by atoms with van der Waals surface area (Å²) in [7, 11) is 0. The van der Waals surface area contributed by atoms with Crippen LogP contribution in [0.5, 0.6) is 5.75 Å². The standard InChI is InChI=1S/C23H21NO5/c1-3-14-28-18-12-10-16(11-13-18)15-19-21(25)20(23(26)27-4-2)22(29-19)24-17-8-6-5-7-9-17/h3,5-13,15,24H,1,4,14H2,2H3/b19-15-. The van der Waals surface area contributed by atoms with E-state index in [9.17, 15) is 9.59 Å². The third kappa shape index (κ3) is 4.93. The molecule has 148 valence electrons. The zero-order valence-corrected chi connectivity index (χ0v) is 16.0.